The van der Waals surface area contributed by atoms with Crippen LogP contribution < -0.4 is 11.1 Å². The van der Waals surface area contributed by atoms with E-state index in [1.54, 1.807) is 19.1 Å². The molecule has 20 heavy (non-hydrogen) atoms. The number of rotatable bonds is 2. The third kappa shape index (κ3) is 3.03. The molecule has 0 radical (unpaired) electrons. The molecule has 6 heteroatoms. The van der Waals surface area contributed by atoms with Crippen LogP contribution >= 0.6 is 23.2 Å². The predicted octanol–water partition coefficient (Wildman–Crippen LogP) is 4.28. The van der Waals surface area contributed by atoms with Gasteiger partial charge in [0.25, 0.3) is 5.91 Å². The van der Waals surface area contributed by atoms with Crippen LogP contribution in [-0.2, 0) is 0 Å². The number of aryl methyl sites for hydroxylation is 1. The van der Waals surface area contributed by atoms with Gasteiger partial charge in [-0.2, -0.15) is 0 Å². The molecule has 3 N–H and O–H groups in total. The number of benzene rings is 2. The number of hydrogen-bond acceptors (Lipinski definition) is 2. The minimum Gasteiger partial charge on any atom is -0.399 e. The topological polar surface area (TPSA) is 55.1 Å². The summed E-state index contributed by atoms with van der Waals surface area (Å²) in [5.41, 5.74) is 6.90. The first-order valence-electron chi connectivity index (χ1n) is 5.70. The van der Waals surface area contributed by atoms with E-state index in [-0.39, 0.29) is 15.6 Å². The second-order valence-corrected chi connectivity index (χ2v) is 5.07. The fraction of sp³-hybridized carbons (Fsp3) is 0.0714. The van der Waals surface area contributed by atoms with Crippen LogP contribution in [0, 0.1) is 12.7 Å². The van der Waals surface area contributed by atoms with E-state index in [2.05, 4.69) is 5.32 Å². The zero-order valence-electron chi connectivity index (χ0n) is 10.5. The van der Waals surface area contributed by atoms with E-state index in [0.29, 0.717) is 16.9 Å². The van der Waals surface area contributed by atoms with Crippen molar-refractivity contribution in [3.63, 3.8) is 0 Å². The van der Waals surface area contributed by atoms with Crippen molar-refractivity contribution in [2.24, 2.45) is 0 Å². The van der Waals surface area contributed by atoms with Crippen molar-refractivity contribution in [2.45, 2.75) is 6.92 Å². The Kier molecular flexibility index (Phi) is 4.16. The Hall–Kier alpha value is -1.78. The van der Waals surface area contributed by atoms with Gasteiger partial charge in [-0.1, -0.05) is 29.3 Å². The fourth-order valence-corrected chi connectivity index (χ4v) is 2.07. The lowest BCUT2D eigenvalue weighted by Gasteiger charge is -2.09. The SMILES string of the molecule is Cc1ccc(NC(=O)c2cc(N)cc(Cl)c2Cl)cc1F. The molecule has 0 saturated carbocycles. The Morgan fingerprint density at radius 1 is 1.25 bits per heavy atom. The van der Waals surface area contributed by atoms with E-state index in [1.165, 1.54) is 18.2 Å². The molecule has 1 amide bonds. The Balaban J connectivity index is 2.30. The Morgan fingerprint density at radius 2 is 1.95 bits per heavy atom. The molecule has 3 nitrogen and oxygen atoms in total. The number of nitrogen functional groups attached to an aromatic ring is 1. The van der Waals surface area contributed by atoms with Gasteiger partial charge < -0.3 is 11.1 Å². The summed E-state index contributed by atoms with van der Waals surface area (Å²) in [4.78, 5) is 12.1. The molecular formula is C14H11Cl2FN2O. The molecule has 0 spiro atoms. The van der Waals surface area contributed by atoms with Crippen LogP contribution in [0.25, 0.3) is 0 Å². The van der Waals surface area contributed by atoms with E-state index in [0.717, 1.165) is 0 Å². The van der Waals surface area contributed by atoms with E-state index in [1.807, 2.05) is 0 Å². The molecule has 2 aromatic carbocycles. The van der Waals surface area contributed by atoms with Gasteiger partial charge in [-0.15, -0.1) is 0 Å². The van der Waals surface area contributed by atoms with Gasteiger partial charge in [-0.05, 0) is 36.8 Å². The first-order valence-corrected chi connectivity index (χ1v) is 6.46. The number of carbonyl (C=O) groups excluding carboxylic acids is 1. The van der Waals surface area contributed by atoms with Crippen molar-refractivity contribution in [2.75, 3.05) is 11.1 Å². The van der Waals surface area contributed by atoms with Crippen LogP contribution in [0.4, 0.5) is 15.8 Å². The van der Waals surface area contributed by atoms with Crippen LogP contribution in [0.1, 0.15) is 15.9 Å². The molecule has 0 bridgehead atoms. The number of nitrogens with two attached hydrogens (primary N) is 1. The van der Waals surface area contributed by atoms with Crippen molar-refractivity contribution >= 4 is 40.5 Å². The van der Waals surface area contributed by atoms with Crippen molar-refractivity contribution < 1.29 is 9.18 Å². The number of halogens is 3. The molecule has 0 fully saturated rings. The third-order valence-electron chi connectivity index (χ3n) is 2.72. The van der Waals surface area contributed by atoms with E-state index >= 15 is 0 Å². The number of carbonyl (C=O) groups is 1. The van der Waals surface area contributed by atoms with E-state index < -0.39 is 11.7 Å². The lowest BCUT2D eigenvalue weighted by molar-refractivity contribution is 0.102. The molecule has 0 heterocycles. The summed E-state index contributed by atoms with van der Waals surface area (Å²) in [6.45, 7) is 1.63. The molecular weight excluding hydrogens is 302 g/mol. The summed E-state index contributed by atoms with van der Waals surface area (Å²) in [7, 11) is 0. The molecule has 0 aliphatic heterocycles. The van der Waals surface area contributed by atoms with Crippen LogP contribution in [0.5, 0.6) is 0 Å². The van der Waals surface area contributed by atoms with Gasteiger partial charge in [0, 0.05) is 11.4 Å². The van der Waals surface area contributed by atoms with Crippen LogP contribution in [-0.4, -0.2) is 5.91 Å². The maximum Gasteiger partial charge on any atom is 0.257 e. The third-order valence-corrected chi connectivity index (χ3v) is 3.53. The smallest absolute Gasteiger partial charge is 0.257 e. The highest BCUT2D eigenvalue weighted by Crippen LogP contribution is 2.29. The zero-order chi connectivity index (χ0) is 14.9. The molecule has 104 valence electrons. The van der Waals surface area contributed by atoms with Crippen LogP contribution in [0.2, 0.25) is 10.0 Å². The summed E-state index contributed by atoms with van der Waals surface area (Å²) in [5, 5.41) is 2.83. The van der Waals surface area contributed by atoms with Crippen LogP contribution in [0.15, 0.2) is 30.3 Å². The summed E-state index contributed by atoms with van der Waals surface area (Å²) in [5.74, 6) is -0.910. The first-order chi connectivity index (χ1) is 9.38. The van der Waals surface area contributed by atoms with Crippen molar-refractivity contribution in [3.8, 4) is 0 Å². The Labute approximate surface area is 125 Å². The number of amides is 1. The lowest BCUT2D eigenvalue weighted by Crippen LogP contribution is -2.13. The van der Waals surface area contributed by atoms with Crippen molar-refractivity contribution in [1.29, 1.82) is 0 Å². The molecule has 0 saturated heterocycles. The quantitative estimate of drug-likeness (QED) is 0.813. The van der Waals surface area contributed by atoms with Gasteiger partial charge in [0.05, 0.1) is 15.6 Å². The lowest BCUT2D eigenvalue weighted by atomic mass is 10.1. The number of nitrogens with one attached hydrogen (secondary N) is 1. The highest BCUT2D eigenvalue weighted by atomic mass is 35.5. The Bertz CT molecular complexity index is 689. The summed E-state index contributed by atoms with van der Waals surface area (Å²) >= 11 is 11.8. The molecule has 2 aromatic rings. The monoisotopic (exact) mass is 312 g/mol. The Morgan fingerprint density at radius 3 is 2.60 bits per heavy atom. The summed E-state index contributed by atoms with van der Waals surface area (Å²) < 4.78 is 13.4. The molecule has 0 aliphatic rings. The summed E-state index contributed by atoms with van der Waals surface area (Å²) in [6, 6.07) is 7.26. The standard InChI is InChI=1S/C14H11Cl2FN2O/c1-7-2-3-9(6-12(7)17)19-14(20)10-4-8(18)5-11(15)13(10)16/h2-6H,18H2,1H3,(H,19,20). The van der Waals surface area contributed by atoms with Gasteiger partial charge in [0.2, 0.25) is 0 Å². The maximum atomic E-state index is 13.4. The molecule has 0 unspecified atom stereocenters. The van der Waals surface area contributed by atoms with E-state index in [4.69, 9.17) is 28.9 Å². The average molecular weight is 313 g/mol. The van der Waals surface area contributed by atoms with Gasteiger partial charge in [0.15, 0.2) is 0 Å². The molecule has 2 rings (SSSR count). The maximum absolute atomic E-state index is 13.4. The van der Waals surface area contributed by atoms with Gasteiger partial charge in [0.1, 0.15) is 5.82 Å². The number of hydrogen-bond donors (Lipinski definition) is 2. The van der Waals surface area contributed by atoms with Crippen molar-refractivity contribution in [3.05, 3.63) is 57.3 Å². The number of anilines is 2. The van der Waals surface area contributed by atoms with Gasteiger partial charge >= 0.3 is 0 Å². The highest BCUT2D eigenvalue weighted by Gasteiger charge is 2.14. The first kappa shape index (κ1) is 14.6. The largest absolute Gasteiger partial charge is 0.399 e. The van der Waals surface area contributed by atoms with Crippen molar-refractivity contribution in [1.82, 2.24) is 0 Å². The van der Waals surface area contributed by atoms with Crippen LogP contribution in [0.3, 0.4) is 0 Å². The van der Waals surface area contributed by atoms with Gasteiger partial charge in [-0.3, -0.25) is 4.79 Å². The average Bonchev–Trinajstić information content (AvgIpc) is 2.38. The molecule has 0 atom stereocenters. The fourth-order valence-electron chi connectivity index (χ4n) is 1.64. The molecule has 0 aliphatic carbocycles. The molecule has 0 aromatic heterocycles. The predicted molar refractivity (Wildman–Crippen MR) is 80.0 cm³/mol. The minimum absolute atomic E-state index is 0.103. The van der Waals surface area contributed by atoms with Gasteiger partial charge in [-0.25, -0.2) is 4.39 Å². The second-order valence-electron chi connectivity index (χ2n) is 4.28. The summed E-state index contributed by atoms with van der Waals surface area (Å²) in [6.07, 6.45) is 0. The minimum atomic E-state index is -0.507. The zero-order valence-corrected chi connectivity index (χ0v) is 12.0. The van der Waals surface area contributed by atoms with E-state index in [9.17, 15) is 9.18 Å². The highest BCUT2D eigenvalue weighted by molar-refractivity contribution is 6.44. The second kappa shape index (κ2) is 5.69. The normalized spacial score (nSPS) is 10.4.